The van der Waals surface area contributed by atoms with Gasteiger partial charge >= 0.3 is 6.18 Å². The van der Waals surface area contributed by atoms with Crippen LogP contribution in [0.2, 0.25) is 0 Å². The molecule has 0 nitrogen and oxygen atoms in total. The van der Waals surface area contributed by atoms with Gasteiger partial charge < -0.3 is 0 Å². The van der Waals surface area contributed by atoms with Crippen molar-refractivity contribution in [2.45, 2.75) is 39.3 Å². The average Bonchev–Trinajstić information content (AvgIpc) is 2.14. The van der Waals surface area contributed by atoms with Crippen molar-refractivity contribution in [3.05, 3.63) is 21.6 Å². The minimum Gasteiger partial charge on any atom is -0.205 e. The summed E-state index contributed by atoms with van der Waals surface area (Å²) in [5.41, 5.74) is 0.813. The number of thioether (sulfide) groups is 1. The second-order valence-corrected chi connectivity index (χ2v) is 5.02. The van der Waals surface area contributed by atoms with Gasteiger partial charge in [0.15, 0.2) is 0 Å². The molecule has 0 amide bonds. The Balaban J connectivity index is 2.86. The van der Waals surface area contributed by atoms with Crippen molar-refractivity contribution >= 4 is 11.8 Å². The first-order valence-electron chi connectivity index (χ1n) is 5.10. The molecule has 0 N–H and O–H groups in total. The summed E-state index contributed by atoms with van der Waals surface area (Å²) in [7, 11) is 0. The first-order chi connectivity index (χ1) is 7.72. The lowest BCUT2D eigenvalue weighted by Gasteiger charge is -2.22. The fourth-order valence-corrected chi connectivity index (χ4v) is 2.70. The van der Waals surface area contributed by atoms with Crippen LogP contribution in [0.4, 0.5) is 22.0 Å². The van der Waals surface area contributed by atoms with Gasteiger partial charge in [0, 0.05) is 5.57 Å². The van der Waals surface area contributed by atoms with Gasteiger partial charge in [0.05, 0.1) is 5.75 Å². The highest BCUT2D eigenvalue weighted by Crippen LogP contribution is 2.40. The number of hydrogen-bond acceptors (Lipinski definition) is 1. The Hall–Kier alpha value is -0.520. The van der Waals surface area contributed by atoms with E-state index in [1.165, 1.54) is 6.92 Å². The Morgan fingerprint density at radius 3 is 2.24 bits per heavy atom. The number of halogens is 5. The normalized spacial score (nSPS) is 18.4. The van der Waals surface area contributed by atoms with E-state index in [0.29, 0.717) is 40.7 Å². The van der Waals surface area contributed by atoms with Crippen molar-refractivity contribution in [2.75, 3.05) is 5.75 Å². The van der Waals surface area contributed by atoms with E-state index < -0.39 is 18.4 Å². The molecule has 0 fully saturated rings. The van der Waals surface area contributed by atoms with Crippen LogP contribution in [-0.4, -0.2) is 18.4 Å². The van der Waals surface area contributed by atoms with E-state index in [2.05, 4.69) is 0 Å². The Kier molecular flexibility index (Phi) is 4.63. The lowest BCUT2D eigenvalue weighted by atomic mass is 9.93. The van der Waals surface area contributed by atoms with Crippen molar-refractivity contribution in [3.63, 3.8) is 0 Å². The van der Waals surface area contributed by atoms with Crippen LogP contribution in [0.25, 0.3) is 0 Å². The van der Waals surface area contributed by atoms with Crippen LogP contribution in [0.5, 0.6) is 0 Å². The summed E-state index contributed by atoms with van der Waals surface area (Å²) in [6.07, 6.45) is -6.04. The van der Waals surface area contributed by atoms with Gasteiger partial charge in [-0.15, -0.1) is 11.8 Å². The van der Waals surface area contributed by atoms with Crippen molar-refractivity contribution in [2.24, 2.45) is 0 Å². The van der Waals surface area contributed by atoms with E-state index in [-0.39, 0.29) is 5.57 Å². The van der Waals surface area contributed by atoms with E-state index in [9.17, 15) is 22.0 Å². The van der Waals surface area contributed by atoms with Gasteiger partial charge in [-0.1, -0.05) is 5.57 Å². The molecule has 0 spiro atoms. The Morgan fingerprint density at radius 2 is 1.76 bits per heavy atom. The number of hydrogen-bond donors (Lipinski definition) is 0. The minimum atomic E-state index is -4.26. The summed E-state index contributed by atoms with van der Waals surface area (Å²) in [4.78, 5) is 0.434. The predicted octanol–water partition coefficient (Wildman–Crippen LogP) is 4.93. The summed E-state index contributed by atoms with van der Waals surface area (Å²) in [6, 6.07) is 0. The zero-order valence-corrected chi connectivity index (χ0v) is 10.3. The van der Waals surface area contributed by atoms with Gasteiger partial charge in [-0.05, 0) is 37.2 Å². The van der Waals surface area contributed by atoms with Crippen LogP contribution in [-0.2, 0) is 0 Å². The summed E-state index contributed by atoms with van der Waals surface area (Å²) in [5.74, 6) is -1.02. The van der Waals surface area contributed by atoms with E-state index in [4.69, 9.17) is 0 Å². The van der Waals surface area contributed by atoms with Crippen LogP contribution in [0.3, 0.4) is 0 Å². The molecule has 0 heterocycles. The molecule has 0 unspecified atom stereocenters. The summed E-state index contributed by atoms with van der Waals surface area (Å²) in [6.45, 7) is 3.08. The highest BCUT2D eigenvalue weighted by molar-refractivity contribution is 8.03. The predicted molar refractivity (Wildman–Crippen MR) is 59.2 cm³/mol. The molecule has 0 radical (unpaired) electrons. The molecule has 0 atom stereocenters. The fraction of sp³-hybridized carbons (Fsp3) is 0.636. The zero-order valence-electron chi connectivity index (χ0n) is 9.50. The van der Waals surface area contributed by atoms with Crippen LogP contribution >= 0.6 is 11.8 Å². The summed E-state index contributed by atoms with van der Waals surface area (Å²) < 4.78 is 61.7. The van der Waals surface area contributed by atoms with Gasteiger partial charge in [0.1, 0.15) is 0 Å². The Bertz CT molecular complexity index is 351. The first kappa shape index (κ1) is 14.5. The van der Waals surface area contributed by atoms with Crippen molar-refractivity contribution in [3.8, 4) is 0 Å². The van der Waals surface area contributed by atoms with Crippen LogP contribution in [0.1, 0.15) is 26.7 Å². The standard InChI is InChI=1S/C11H13F5S/c1-6-3-4-8(17-5-11(14,15)16)7(2)9(6)10(12)13/h10H,3-5H2,1-2H3. The monoisotopic (exact) mass is 272 g/mol. The molecule has 1 aliphatic rings. The molecular weight excluding hydrogens is 259 g/mol. The molecule has 0 bridgehead atoms. The van der Waals surface area contributed by atoms with E-state index in [0.717, 1.165) is 0 Å². The zero-order chi connectivity index (χ0) is 13.2. The first-order valence-corrected chi connectivity index (χ1v) is 6.08. The van der Waals surface area contributed by atoms with Gasteiger partial charge in [-0.25, -0.2) is 8.78 Å². The molecule has 17 heavy (non-hydrogen) atoms. The maximum Gasteiger partial charge on any atom is 0.398 e. The second kappa shape index (κ2) is 5.42. The van der Waals surface area contributed by atoms with Crippen LogP contribution in [0, 0.1) is 0 Å². The van der Waals surface area contributed by atoms with Gasteiger partial charge in [-0.2, -0.15) is 13.2 Å². The molecule has 1 rings (SSSR count). The Labute approximate surface area is 101 Å². The van der Waals surface area contributed by atoms with E-state index in [1.807, 2.05) is 0 Å². The third-order valence-corrected chi connectivity index (χ3v) is 3.97. The summed E-state index contributed by atoms with van der Waals surface area (Å²) >= 11 is 0.623. The third kappa shape index (κ3) is 4.01. The van der Waals surface area contributed by atoms with E-state index >= 15 is 0 Å². The molecule has 98 valence electrons. The molecule has 0 aromatic rings. The minimum absolute atomic E-state index is 0.0825. The Morgan fingerprint density at radius 1 is 1.18 bits per heavy atom. The van der Waals surface area contributed by atoms with E-state index in [1.54, 1.807) is 6.92 Å². The molecule has 0 aliphatic heterocycles. The van der Waals surface area contributed by atoms with Gasteiger partial charge in [-0.3, -0.25) is 0 Å². The van der Waals surface area contributed by atoms with Crippen molar-refractivity contribution < 1.29 is 22.0 Å². The SMILES string of the molecule is CC1=C(C(F)F)C(C)=C(SCC(F)(F)F)CC1. The molecule has 6 heteroatoms. The number of allylic oxidation sites excluding steroid dienone is 4. The van der Waals surface area contributed by atoms with Gasteiger partial charge in [0.25, 0.3) is 6.43 Å². The number of rotatable bonds is 3. The third-order valence-electron chi connectivity index (χ3n) is 2.64. The maximum atomic E-state index is 12.7. The molecule has 0 aromatic carbocycles. The molecule has 0 saturated carbocycles. The van der Waals surface area contributed by atoms with Crippen molar-refractivity contribution in [1.29, 1.82) is 0 Å². The lowest BCUT2D eigenvalue weighted by Crippen LogP contribution is -2.13. The molecule has 0 aromatic heterocycles. The molecule has 1 aliphatic carbocycles. The fourth-order valence-electron chi connectivity index (χ4n) is 1.79. The lowest BCUT2D eigenvalue weighted by molar-refractivity contribution is -0.105. The van der Waals surface area contributed by atoms with Gasteiger partial charge in [0.2, 0.25) is 0 Å². The molecular formula is C11H13F5S. The smallest absolute Gasteiger partial charge is 0.205 e. The molecule has 0 saturated heterocycles. The quantitative estimate of drug-likeness (QED) is 0.656. The average molecular weight is 272 g/mol. The number of alkyl halides is 5. The maximum absolute atomic E-state index is 12.7. The highest BCUT2D eigenvalue weighted by Gasteiger charge is 2.30. The van der Waals surface area contributed by atoms with Crippen molar-refractivity contribution in [1.82, 2.24) is 0 Å². The van der Waals surface area contributed by atoms with Crippen LogP contribution < -0.4 is 0 Å². The highest BCUT2D eigenvalue weighted by atomic mass is 32.2. The van der Waals surface area contributed by atoms with Crippen LogP contribution in [0.15, 0.2) is 21.6 Å². The second-order valence-electron chi connectivity index (χ2n) is 3.95. The largest absolute Gasteiger partial charge is 0.398 e. The topological polar surface area (TPSA) is 0 Å². The summed E-state index contributed by atoms with van der Waals surface area (Å²) in [5, 5.41) is 0.